The number of piperidine rings is 1. The van der Waals surface area contributed by atoms with Crippen LogP contribution in [-0.4, -0.2) is 42.4 Å². The fourth-order valence-electron chi connectivity index (χ4n) is 1.86. The van der Waals surface area contributed by atoms with Gasteiger partial charge in [-0.2, -0.15) is 0 Å². The second kappa shape index (κ2) is 4.91. The molecular weight excluding hydrogens is 169 g/mol. The van der Waals surface area contributed by atoms with Crippen LogP contribution in [0.4, 0.5) is 4.39 Å². The highest BCUT2D eigenvalue weighted by molar-refractivity contribution is 4.76. The fourth-order valence-corrected chi connectivity index (χ4v) is 1.86. The third-order valence-corrected chi connectivity index (χ3v) is 3.07. The molecule has 0 aromatic heterocycles. The molecule has 1 heterocycles. The van der Waals surface area contributed by atoms with E-state index in [2.05, 4.69) is 18.7 Å². The zero-order valence-corrected chi connectivity index (χ0v) is 8.54. The van der Waals surface area contributed by atoms with E-state index in [1.165, 1.54) is 6.42 Å². The van der Waals surface area contributed by atoms with E-state index in [-0.39, 0.29) is 0 Å². The molecule has 0 saturated carbocycles. The minimum Gasteiger partial charge on any atom is -0.389 e. The summed E-state index contributed by atoms with van der Waals surface area (Å²) in [6.45, 7) is 6.35. The van der Waals surface area contributed by atoms with Crippen molar-refractivity contribution >= 4 is 0 Å². The molecule has 0 aliphatic carbocycles. The van der Waals surface area contributed by atoms with Crippen LogP contribution in [0.2, 0.25) is 0 Å². The number of aliphatic hydroxyl groups excluding tert-OH is 1. The lowest BCUT2D eigenvalue weighted by molar-refractivity contribution is 0.0574. The highest BCUT2D eigenvalue weighted by atomic mass is 19.1. The molecule has 0 spiro atoms. The Labute approximate surface area is 79.7 Å². The zero-order valence-electron chi connectivity index (χ0n) is 8.54. The summed E-state index contributed by atoms with van der Waals surface area (Å²) in [7, 11) is 0. The number of nitrogens with zero attached hydrogens (tertiary/aromatic N) is 1. The topological polar surface area (TPSA) is 23.5 Å². The van der Waals surface area contributed by atoms with Gasteiger partial charge in [0, 0.05) is 13.1 Å². The molecule has 1 fully saturated rings. The standard InChI is InChI=1S/C10H20FNO/c1-8-3-4-12(6-9(8)2)7-10(13)5-11/h8-10,13H,3-7H2,1-2H3. The highest BCUT2D eigenvalue weighted by Gasteiger charge is 2.23. The van der Waals surface area contributed by atoms with Crippen LogP contribution in [0.5, 0.6) is 0 Å². The molecule has 1 N–H and O–H groups in total. The van der Waals surface area contributed by atoms with Gasteiger partial charge >= 0.3 is 0 Å². The normalized spacial score (nSPS) is 33.2. The Morgan fingerprint density at radius 3 is 2.69 bits per heavy atom. The minimum atomic E-state index is -0.791. The molecule has 1 rings (SSSR count). The van der Waals surface area contributed by atoms with E-state index in [1.807, 2.05) is 0 Å². The Bertz CT molecular complexity index is 152. The molecular formula is C10H20FNO. The molecule has 78 valence electrons. The lowest BCUT2D eigenvalue weighted by Gasteiger charge is -2.35. The monoisotopic (exact) mass is 189 g/mol. The molecule has 13 heavy (non-hydrogen) atoms. The molecule has 3 unspecified atom stereocenters. The Balaban J connectivity index is 2.29. The largest absolute Gasteiger partial charge is 0.389 e. The van der Waals surface area contributed by atoms with Crippen molar-refractivity contribution < 1.29 is 9.50 Å². The van der Waals surface area contributed by atoms with Crippen LogP contribution < -0.4 is 0 Å². The van der Waals surface area contributed by atoms with Gasteiger partial charge in [-0.05, 0) is 24.8 Å². The summed E-state index contributed by atoms with van der Waals surface area (Å²) < 4.78 is 12.0. The molecule has 0 aromatic rings. The van der Waals surface area contributed by atoms with Gasteiger partial charge in [0.15, 0.2) is 0 Å². The Kier molecular flexibility index (Phi) is 4.13. The summed E-state index contributed by atoms with van der Waals surface area (Å²) in [5.41, 5.74) is 0. The number of halogens is 1. The first-order valence-corrected chi connectivity index (χ1v) is 5.10. The molecule has 3 atom stereocenters. The SMILES string of the molecule is CC1CCN(CC(O)CF)CC1C. The third-order valence-electron chi connectivity index (χ3n) is 3.07. The molecule has 0 bridgehead atoms. The van der Waals surface area contributed by atoms with Crippen molar-refractivity contribution in [2.24, 2.45) is 11.8 Å². The van der Waals surface area contributed by atoms with Gasteiger partial charge in [0.1, 0.15) is 6.67 Å². The molecule has 1 aliphatic rings. The number of alkyl halides is 1. The van der Waals surface area contributed by atoms with Gasteiger partial charge in [-0.25, -0.2) is 4.39 Å². The van der Waals surface area contributed by atoms with Crippen molar-refractivity contribution in [2.75, 3.05) is 26.3 Å². The first-order valence-electron chi connectivity index (χ1n) is 5.10. The summed E-state index contributed by atoms with van der Waals surface area (Å²) in [6.07, 6.45) is 0.376. The van der Waals surface area contributed by atoms with Gasteiger partial charge < -0.3 is 10.0 Å². The van der Waals surface area contributed by atoms with Crippen molar-refractivity contribution in [3.05, 3.63) is 0 Å². The first-order chi connectivity index (χ1) is 6.13. The van der Waals surface area contributed by atoms with Crippen molar-refractivity contribution in [3.63, 3.8) is 0 Å². The maximum atomic E-state index is 12.0. The predicted octanol–water partition coefficient (Wildman–Crippen LogP) is 1.29. The average Bonchev–Trinajstić information content (AvgIpc) is 2.11. The number of likely N-dealkylation sites (tertiary alicyclic amines) is 1. The minimum absolute atomic E-state index is 0.494. The van der Waals surface area contributed by atoms with Gasteiger partial charge in [-0.3, -0.25) is 0 Å². The van der Waals surface area contributed by atoms with Crippen LogP contribution in [0.1, 0.15) is 20.3 Å². The third kappa shape index (κ3) is 3.24. The maximum absolute atomic E-state index is 12.0. The van der Waals surface area contributed by atoms with E-state index in [1.54, 1.807) is 0 Å². The summed E-state index contributed by atoms with van der Waals surface area (Å²) >= 11 is 0. The van der Waals surface area contributed by atoms with Gasteiger partial charge in [0.25, 0.3) is 0 Å². The fraction of sp³-hybridized carbons (Fsp3) is 1.00. The van der Waals surface area contributed by atoms with Gasteiger partial charge in [0.2, 0.25) is 0 Å². The van der Waals surface area contributed by atoms with Crippen molar-refractivity contribution in [1.29, 1.82) is 0 Å². The Morgan fingerprint density at radius 1 is 1.46 bits per heavy atom. The van der Waals surface area contributed by atoms with Crippen LogP contribution in [0.15, 0.2) is 0 Å². The Hall–Kier alpha value is -0.150. The Morgan fingerprint density at radius 2 is 2.15 bits per heavy atom. The first kappa shape index (κ1) is 10.9. The maximum Gasteiger partial charge on any atom is 0.117 e. The number of rotatable bonds is 3. The molecule has 1 saturated heterocycles. The predicted molar refractivity (Wildman–Crippen MR) is 51.4 cm³/mol. The lowest BCUT2D eigenvalue weighted by Crippen LogP contribution is -2.42. The summed E-state index contributed by atoms with van der Waals surface area (Å²) in [5.74, 6) is 1.43. The second-order valence-electron chi connectivity index (χ2n) is 4.31. The molecule has 3 heteroatoms. The molecule has 0 amide bonds. The van der Waals surface area contributed by atoms with Crippen molar-refractivity contribution in [3.8, 4) is 0 Å². The molecule has 0 aromatic carbocycles. The van der Waals surface area contributed by atoms with Gasteiger partial charge in [-0.15, -0.1) is 0 Å². The molecule has 0 radical (unpaired) electrons. The summed E-state index contributed by atoms with van der Waals surface area (Å²) in [5, 5.41) is 9.15. The number of hydrogen-bond acceptors (Lipinski definition) is 2. The van der Waals surface area contributed by atoms with E-state index < -0.39 is 12.8 Å². The van der Waals surface area contributed by atoms with Crippen LogP contribution in [0.3, 0.4) is 0 Å². The second-order valence-corrected chi connectivity index (χ2v) is 4.31. The quantitative estimate of drug-likeness (QED) is 0.723. The average molecular weight is 189 g/mol. The number of β-amino-alcohol motifs (C(OH)–C–C–N with tert-alkyl or cyclic N) is 1. The van der Waals surface area contributed by atoms with Crippen molar-refractivity contribution in [1.82, 2.24) is 4.90 Å². The number of aliphatic hydroxyl groups is 1. The van der Waals surface area contributed by atoms with Crippen LogP contribution >= 0.6 is 0 Å². The summed E-state index contributed by atoms with van der Waals surface area (Å²) in [4.78, 5) is 2.16. The van der Waals surface area contributed by atoms with Crippen molar-refractivity contribution in [2.45, 2.75) is 26.4 Å². The van der Waals surface area contributed by atoms with E-state index in [0.717, 1.165) is 19.0 Å². The van der Waals surface area contributed by atoms with Crippen LogP contribution in [0.25, 0.3) is 0 Å². The molecule has 1 aliphatic heterocycles. The lowest BCUT2D eigenvalue weighted by atomic mass is 9.88. The van der Waals surface area contributed by atoms with E-state index in [9.17, 15) is 4.39 Å². The van der Waals surface area contributed by atoms with E-state index >= 15 is 0 Å². The van der Waals surface area contributed by atoms with Gasteiger partial charge in [-0.1, -0.05) is 13.8 Å². The smallest absolute Gasteiger partial charge is 0.117 e. The molecule has 2 nitrogen and oxygen atoms in total. The summed E-state index contributed by atoms with van der Waals surface area (Å²) in [6, 6.07) is 0. The van der Waals surface area contributed by atoms with Crippen LogP contribution in [-0.2, 0) is 0 Å². The van der Waals surface area contributed by atoms with Gasteiger partial charge in [0.05, 0.1) is 6.10 Å². The highest BCUT2D eigenvalue weighted by Crippen LogP contribution is 2.22. The van der Waals surface area contributed by atoms with Crippen LogP contribution in [0, 0.1) is 11.8 Å². The van der Waals surface area contributed by atoms with E-state index in [4.69, 9.17) is 5.11 Å². The van der Waals surface area contributed by atoms with E-state index in [0.29, 0.717) is 12.5 Å². The zero-order chi connectivity index (χ0) is 9.84. The number of hydrogen-bond donors (Lipinski definition) is 1.